The minimum Gasteiger partial charge on any atom is -0.292 e. The van der Waals surface area contributed by atoms with Gasteiger partial charge in [-0.25, -0.2) is 9.80 Å². The van der Waals surface area contributed by atoms with Crippen molar-refractivity contribution < 1.29 is 0 Å². The second kappa shape index (κ2) is 8.52. The van der Waals surface area contributed by atoms with Gasteiger partial charge in [-0.3, -0.25) is 14.3 Å². The SMILES string of the molecule is CCc1ccc(/C=N/N(c2ccc(CC)cc2)c2cc(=O)n(C)c(=O)[nH]2)cc1. The molecule has 0 fully saturated rings. The Hall–Kier alpha value is -3.41. The van der Waals surface area contributed by atoms with Crippen molar-refractivity contribution in [3.05, 3.63) is 92.1 Å². The topological polar surface area (TPSA) is 70.5 Å². The zero-order chi connectivity index (χ0) is 20.1. The molecule has 0 spiro atoms. The van der Waals surface area contributed by atoms with Crippen molar-refractivity contribution in [1.82, 2.24) is 9.55 Å². The summed E-state index contributed by atoms with van der Waals surface area (Å²) in [6.45, 7) is 4.19. The molecule has 28 heavy (non-hydrogen) atoms. The summed E-state index contributed by atoms with van der Waals surface area (Å²) in [6, 6.07) is 17.3. The van der Waals surface area contributed by atoms with Crippen molar-refractivity contribution in [2.45, 2.75) is 26.7 Å². The fraction of sp³-hybridized carbons (Fsp3) is 0.227. The Bertz CT molecular complexity index is 1050. The Labute approximate surface area is 163 Å². The molecule has 0 radical (unpaired) electrons. The lowest BCUT2D eigenvalue weighted by molar-refractivity contribution is 0.770. The number of aromatic amines is 1. The standard InChI is InChI=1S/C22H24N4O2/c1-4-16-6-8-18(9-7-16)15-23-26(19-12-10-17(5-2)11-13-19)20-14-21(27)25(3)22(28)24-20/h6-15H,4-5H2,1-3H3,(H,24,28)/b23-15+. The molecule has 0 aliphatic carbocycles. The van der Waals surface area contributed by atoms with Crippen molar-refractivity contribution in [3.63, 3.8) is 0 Å². The largest absolute Gasteiger partial charge is 0.329 e. The van der Waals surface area contributed by atoms with Gasteiger partial charge in [0, 0.05) is 13.1 Å². The number of hydrogen-bond donors (Lipinski definition) is 1. The van der Waals surface area contributed by atoms with E-state index < -0.39 is 11.2 Å². The molecule has 6 nitrogen and oxygen atoms in total. The zero-order valence-corrected chi connectivity index (χ0v) is 16.3. The Balaban J connectivity index is 2.03. The third-order valence-corrected chi connectivity index (χ3v) is 4.66. The fourth-order valence-corrected chi connectivity index (χ4v) is 2.76. The highest BCUT2D eigenvalue weighted by atomic mass is 16.2. The number of nitrogens with one attached hydrogen (secondary N) is 1. The van der Waals surface area contributed by atoms with Crippen LogP contribution < -0.4 is 16.3 Å². The minimum atomic E-state index is -0.486. The number of anilines is 2. The van der Waals surface area contributed by atoms with E-state index in [1.165, 1.54) is 24.2 Å². The van der Waals surface area contributed by atoms with E-state index in [0.29, 0.717) is 5.82 Å². The molecule has 0 amide bonds. The van der Waals surface area contributed by atoms with Crippen molar-refractivity contribution >= 4 is 17.7 Å². The number of aromatic nitrogens is 2. The Morgan fingerprint density at radius 2 is 1.54 bits per heavy atom. The van der Waals surface area contributed by atoms with Gasteiger partial charge >= 0.3 is 5.69 Å². The minimum absolute atomic E-state index is 0.318. The van der Waals surface area contributed by atoms with Gasteiger partial charge in [-0.1, -0.05) is 50.2 Å². The van der Waals surface area contributed by atoms with E-state index in [2.05, 4.69) is 36.1 Å². The summed E-state index contributed by atoms with van der Waals surface area (Å²) in [5.74, 6) is 0.318. The number of aryl methyl sites for hydroxylation is 2. The third-order valence-electron chi connectivity index (χ3n) is 4.66. The van der Waals surface area contributed by atoms with Crippen LogP contribution in [-0.2, 0) is 19.9 Å². The molecule has 0 bridgehead atoms. The normalized spacial score (nSPS) is 11.1. The van der Waals surface area contributed by atoms with E-state index in [-0.39, 0.29) is 0 Å². The van der Waals surface area contributed by atoms with Gasteiger partial charge in [0.05, 0.1) is 11.9 Å². The lowest BCUT2D eigenvalue weighted by Gasteiger charge is -2.19. The van der Waals surface area contributed by atoms with Crippen molar-refractivity contribution in [2.75, 3.05) is 5.01 Å². The molecule has 3 rings (SSSR count). The first kappa shape index (κ1) is 19.4. The zero-order valence-electron chi connectivity index (χ0n) is 16.3. The van der Waals surface area contributed by atoms with Crippen molar-refractivity contribution in [2.24, 2.45) is 12.1 Å². The van der Waals surface area contributed by atoms with Crippen LogP contribution >= 0.6 is 0 Å². The van der Waals surface area contributed by atoms with Gasteiger partial charge < -0.3 is 0 Å². The highest BCUT2D eigenvalue weighted by Crippen LogP contribution is 2.23. The van der Waals surface area contributed by atoms with E-state index in [9.17, 15) is 9.59 Å². The van der Waals surface area contributed by atoms with Crippen LogP contribution in [0.4, 0.5) is 11.5 Å². The lowest BCUT2D eigenvalue weighted by Crippen LogP contribution is -2.33. The molecule has 1 N–H and O–H groups in total. The summed E-state index contributed by atoms with van der Waals surface area (Å²) in [6.07, 6.45) is 3.61. The van der Waals surface area contributed by atoms with Gasteiger partial charge in [0.25, 0.3) is 5.56 Å². The first-order valence-electron chi connectivity index (χ1n) is 9.34. The molecular formula is C22H24N4O2. The number of hydrogen-bond acceptors (Lipinski definition) is 4. The maximum absolute atomic E-state index is 12.1. The molecule has 0 aliphatic heterocycles. The summed E-state index contributed by atoms with van der Waals surface area (Å²) in [5, 5.41) is 6.11. The Kier molecular flexibility index (Phi) is 5.89. The molecule has 2 aromatic carbocycles. The van der Waals surface area contributed by atoms with Crippen LogP contribution in [0.3, 0.4) is 0 Å². The molecule has 3 aromatic rings. The van der Waals surface area contributed by atoms with Crippen LogP contribution in [0.5, 0.6) is 0 Å². The maximum atomic E-state index is 12.1. The van der Waals surface area contributed by atoms with Crippen LogP contribution in [0.25, 0.3) is 0 Å². The summed E-state index contributed by atoms with van der Waals surface area (Å²) < 4.78 is 1.02. The molecule has 0 unspecified atom stereocenters. The van der Waals surface area contributed by atoms with Crippen LogP contribution in [0, 0.1) is 0 Å². The van der Waals surface area contributed by atoms with Gasteiger partial charge in [0.2, 0.25) is 0 Å². The van der Waals surface area contributed by atoms with Crippen LogP contribution in [-0.4, -0.2) is 15.8 Å². The third kappa shape index (κ3) is 4.28. The number of hydrazone groups is 1. The van der Waals surface area contributed by atoms with Gasteiger partial charge in [-0.05, 0) is 41.7 Å². The highest BCUT2D eigenvalue weighted by molar-refractivity contribution is 5.81. The summed E-state index contributed by atoms with van der Waals surface area (Å²) in [4.78, 5) is 26.9. The first-order valence-corrected chi connectivity index (χ1v) is 9.34. The molecule has 1 aromatic heterocycles. The maximum Gasteiger partial charge on any atom is 0.329 e. The summed E-state index contributed by atoms with van der Waals surface area (Å²) in [7, 11) is 1.43. The smallest absolute Gasteiger partial charge is 0.292 e. The van der Waals surface area contributed by atoms with Gasteiger partial charge in [-0.15, -0.1) is 0 Å². The average Bonchev–Trinajstić information content (AvgIpc) is 2.73. The summed E-state index contributed by atoms with van der Waals surface area (Å²) >= 11 is 0. The van der Waals surface area contributed by atoms with Crippen LogP contribution in [0.2, 0.25) is 0 Å². The van der Waals surface area contributed by atoms with E-state index in [4.69, 9.17) is 0 Å². The molecule has 0 saturated carbocycles. The lowest BCUT2D eigenvalue weighted by atomic mass is 10.1. The van der Waals surface area contributed by atoms with E-state index in [0.717, 1.165) is 28.7 Å². The van der Waals surface area contributed by atoms with Crippen LogP contribution in [0.15, 0.2) is 69.3 Å². The predicted molar refractivity (Wildman–Crippen MR) is 114 cm³/mol. The number of rotatable bonds is 6. The summed E-state index contributed by atoms with van der Waals surface area (Å²) in [5.41, 5.74) is 3.25. The number of H-pyrrole nitrogens is 1. The quantitative estimate of drug-likeness (QED) is 0.530. The first-order chi connectivity index (χ1) is 13.5. The van der Waals surface area contributed by atoms with Crippen molar-refractivity contribution in [3.8, 4) is 0 Å². The van der Waals surface area contributed by atoms with Crippen LogP contribution in [0.1, 0.15) is 30.5 Å². The van der Waals surface area contributed by atoms with Gasteiger partial charge in [-0.2, -0.15) is 5.10 Å². The molecule has 0 saturated heterocycles. The Morgan fingerprint density at radius 3 is 2.07 bits per heavy atom. The van der Waals surface area contributed by atoms with E-state index in [1.54, 1.807) is 11.2 Å². The molecule has 6 heteroatoms. The molecular weight excluding hydrogens is 352 g/mol. The molecule has 0 aliphatic rings. The van der Waals surface area contributed by atoms with Crippen molar-refractivity contribution in [1.29, 1.82) is 0 Å². The van der Waals surface area contributed by atoms with E-state index >= 15 is 0 Å². The monoisotopic (exact) mass is 376 g/mol. The average molecular weight is 376 g/mol. The molecule has 0 atom stereocenters. The fourth-order valence-electron chi connectivity index (χ4n) is 2.76. The second-order valence-electron chi connectivity index (χ2n) is 6.53. The van der Waals surface area contributed by atoms with E-state index in [1.807, 2.05) is 36.4 Å². The highest BCUT2D eigenvalue weighted by Gasteiger charge is 2.11. The number of nitrogens with zero attached hydrogens (tertiary/aromatic N) is 3. The molecule has 144 valence electrons. The Morgan fingerprint density at radius 1 is 0.964 bits per heavy atom. The van der Waals surface area contributed by atoms with Gasteiger partial charge in [0.15, 0.2) is 0 Å². The molecule has 1 heterocycles. The second-order valence-corrected chi connectivity index (χ2v) is 6.53. The van der Waals surface area contributed by atoms with Gasteiger partial charge in [0.1, 0.15) is 5.82 Å². The number of benzene rings is 2. The predicted octanol–water partition coefficient (Wildman–Crippen LogP) is 3.37.